The average molecular weight is 268 g/mol. The number of carbonyl (C=O) groups excluding carboxylic acids is 1. The minimum atomic E-state index is -0.0176. The van der Waals surface area contributed by atoms with Gasteiger partial charge in [-0.1, -0.05) is 0 Å². The molecule has 0 aromatic heterocycles. The quantitative estimate of drug-likeness (QED) is 0.785. The third kappa shape index (κ3) is 2.64. The lowest BCUT2D eigenvalue weighted by Crippen LogP contribution is -2.55. The summed E-state index contributed by atoms with van der Waals surface area (Å²) in [5.41, 5.74) is -0.0176. The molecule has 5 nitrogen and oxygen atoms in total. The molecule has 0 bridgehead atoms. The standard InChI is InChI=1S/C14H24N2O3/c17-9-14(10-19-11-14)8-15-6-3-12(4-7-15)16-5-1-2-13(16)18/h12,17H,1-11H2. The van der Waals surface area contributed by atoms with Crippen LogP contribution in [0.2, 0.25) is 0 Å². The maximum Gasteiger partial charge on any atom is 0.222 e. The number of aliphatic hydroxyl groups excluding tert-OH is 1. The van der Waals surface area contributed by atoms with Gasteiger partial charge in [0.15, 0.2) is 0 Å². The van der Waals surface area contributed by atoms with E-state index in [1.54, 1.807) is 0 Å². The topological polar surface area (TPSA) is 53.0 Å². The number of aliphatic hydroxyl groups is 1. The first-order valence-electron chi connectivity index (χ1n) is 7.43. The monoisotopic (exact) mass is 268 g/mol. The Hall–Kier alpha value is -0.650. The summed E-state index contributed by atoms with van der Waals surface area (Å²) >= 11 is 0. The van der Waals surface area contributed by atoms with Crippen LogP contribution in [0.15, 0.2) is 0 Å². The van der Waals surface area contributed by atoms with Crippen molar-refractivity contribution in [3.05, 3.63) is 0 Å². The molecule has 3 heterocycles. The Bertz CT molecular complexity index is 330. The predicted molar refractivity (Wildman–Crippen MR) is 70.7 cm³/mol. The fourth-order valence-corrected chi connectivity index (χ4v) is 3.54. The molecule has 3 aliphatic heterocycles. The zero-order chi connectivity index (χ0) is 13.3. The van der Waals surface area contributed by atoms with Crippen molar-refractivity contribution >= 4 is 5.91 Å². The molecule has 0 aromatic carbocycles. The smallest absolute Gasteiger partial charge is 0.222 e. The molecule has 19 heavy (non-hydrogen) atoms. The number of nitrogens with zero attached hydrogens (tertiary/aromatic N) is 2. The van der Waals surface area contributed by atoms with Gasteiger partial charge >= 0.3 is 0 Å². The highest BCUT2D eigenvalue weighted by Gasteiger charge is 2.40. The maximum atomic E-state index is 11.7. The molecule has 108 valence electrons. The van der Waals surface area contributed by atoms with E-state index in [4.69, 9.17) is 4.74 Å². The highest BCUT2D eigenvalue weighted by molar-refractivity contribution is 5.78. The number of hydrogen-bond donors (Lipinski definition) is 1. The molecule has 0 atom stereocenters. The summed E-state index contributed by atoms with van der Waals surface area (Å²) < 4.78 is 5.25. The van der Waals surface area contributed by atoms with Gasteiger partial charge in [0.25, 0.3) is 0 Å². The molecule has 3 saturated heterocycles. The maximum absolute atomic E-state index is 11.7. The zero-order valence-corrected chi connectivity index (χ0v) is 11.5. The minimum Gasteiger partial charge on any atom is -0.396 e. The molecule has 3 aliphatic rings. The molecule has 1 N–H and O–H groups in total. The SMILES string of the molecule is O=C1CCCN1C1CCN(CC2(CO)COC2)CC1. The zero-order valence-electron chi connectivity index (χ0n) is 11.5. The summed E-state index contributed by atoms with van der Waals surface area (Å²) in [6.45, 7) is 5.56. The molecule has 3 rings (SSSR count). The first-order chi connectivity index (χ1) is 9.22. The number of carbonyl (C=O) groups is 1. The van der Waals surface area contributed by atoms with Crippen LogP contribution < -0.4 is 0 Å². The first-order valence-corrected chi connectivity index (χ1v) is 7.43. The molecule has 5 heteroatoms. The van der Waals surface area contributed by atoms with Gasteiger partial charge < -0.3 is 19.6 Å². The molecule has 0 aromatic rings. The van der Waals surface area contributed by atoms with E-state index in [2.05, 4.69) is 9.80 Å². The number of piperidine rings is 1. The van der Waals surface area contributed by atoms with Crippen LogP contribution >= 0.6 is 0 Å². The van der Waals surface area contributed by atoms with Crippen LogP contribution in [0.25, 0.3) is 0 Å². The van der Waals surface area contributed by atoms with E-state index < -0.39 is 0 Å². The van der Waals surface area contributed by atoms with Gasteiger partial charge in [0.05, 0.1) is 25.2 Å². The Morgan fingerprint density at radius 1 is 1.26 bits per heavy atom. The number of ether oxygens (including phenoxy) is 1. The number of likely N-dealkylation sites (tertiary alicyclic amines) is 2. The Morgan fingerprint density at radius 2 is 2.00 bits per heavy atom. The van der Waals surface area contributed by atoms with Crippen LogP contribution in [-0.2, 0) is 9.53 Å². The molecule has 0 unspecified atom stereocenters. The van der Waals surface area contributed by atoms with Gasteiger partial charge in [-0.15, -0.1) is 0 Å². The third-order valence-corrected chi connectivity index (χ3v) is 4.82. The van der Waals surface area contributed by atoms with Gasteiger partial charge in [-0.05, 0) is 19.3 Å². The lowest BCUT2D eigenvalue weighted by molar-refractivity contribution is -0.150. The van der Waals surface area contributed by atoms with Crippen molar-refractivity contribution in [3.63, 3.8) is 0 Å². The highest BCUT2D eigenvalue weighted by Crippen LogP contribution is 2.30. The van der Waals surface area contributed by atoms with Crippen molar-refractivity contribution < 1.29 is 14.6 Å². The highest BCUT2D eigenvalue weighted by atomic mass is 16.5. The van der Waals surface area contributed by atoms with Crippen LogP contribution in [0.5, 0.6) is 0 Å². The van der Waals surface area contributed by atoms with E-state index in [1.165, 1.54) is 0 Å². The summed E-state index contributed by atoms with van der Waals surface area (Å²) in [6.07, 6.45) is 3.93. The fraction of sp³-hybridized carbons (Fsp3) is 0.929. The lowest BCUT2D eigenvalue weighted by Gasteiger charge is -2.45. The largest absolute Gasteiger partial charge is 0.396 e. The summed E-state index contributed by atoms with van der Waals surface area (Å²) in [4.78, 5) is 16.3. The third-order valence-electron chi connectivity index (χ3n) is 4.82. The Labute approximate surface area is 114 Å². The second-order valence-electron chi connectivity index (χ2n) is 6.35. The van der Waals surface area contributed by atoms with Crippen LogP contribution in [0, 0.1) is 5.41 Å². The van der Waals surface area contributed by atoms with Crippen LogP contribution in [0.1, 0.15) is 25.7 Å². The Balaban J connectivity index is 1.48. The summed E-state index contributed by atoms with van der Waals surface area (Å²) in [5.74, 6) is 0.345. The second-order valence-corrected chi connectivity index (χ2v) is 6.35. The summed E-state index contributed by atoms with van der Waals surface area (Å²) in [5, 5.41) is 9.47. The van der Waals surface area contributed by atoms with Gasteiger partial charge in [0, 0.05) is 38.6 Å². The molecule has 0 saturated carbocycles. The van der Waals surface area contributed by atoms with Crippen molar-refractivity contribution in [3.8, 4) is 0 Å². The predicted octanol–water partition coefficient (Wildman–Crippen LogP) is 0.0821. The van der Waals surface area contributed by atoms with E-state index >= 15 is 0 Å². The average Bonchev–Trinajstić information content (AvgIpc) is 2.81. The Kier molecular flexibility index (Phi) is 3.78. The second kappa shape index (κ2) is 5.38. The van der Waals surface area contributed by atoms with Crippen LogP contribution in [0.4, 0.5) is 0 Å². The van der Waals surface area contributed by atoms with Gasteiger partial charge in [0.2, 0.25) is 5.91 Å². The first kappa shape index (κ1) is 13.3. The van der Waals surface area contributed by atoms with Crippen LogP contribution in [0.3, 0.4) is 0 Å². The van der Waals surface area contributed by atoms with E-state index in [9.17, 15) is 9.90 Å². The summed E-state index contributed by atoms with van der Waals surface area (Å²) in [6, 6.07) is 0.453. The molecule has 1 amide bonds. The van der Waals surface area contributed by atoms with E-state index in [0.29, 0.717) is 25.2 Å². The van der Waals surface area contributed by atoms with E-state index in [1.807, 2.05) is 0 Å². The van der Waals surface area contributed by atoms with Gasteiger partial charge in [-0.3, -0.25) is 4.79 Å². The van der Waals surface area contributed by atoms with Gasteiger partial charge in [0.1, 0.15) is 0 Å². The molecule has 0 aliphatic carbocycles. The van der Waals surface area contributed by atoms with E-state index in [0.717, 1.165) is 51.9 Å². The molecule has 0 radical (unpaired) electrons. The molecular weight excluding hydrogens is 244 g/mol. The van der Waals surface area contributed by atoms with Crippen molar-refractivity contribution in [2.45, 2.75) is 31.7 Å². The van der Waals surface area contributed by atoms with Gasteiger partial charge in [-0.25, -0.2) is 0 Å². The normalized spacial score (nSPS) is 28.7. The number of amides is 1. The van der Waals surface area contributed by atoms with Gasteiger partial charge in [-0.2, -0.15) is 0 Å². The number of hydrogen-bond acceptors (Lipinski definition) is 4. The molecule has 3 fully saturated rings. The lowest BCUT2D eigenvalue weighted by atomic mass is 9.85. The Morgan fingerprint density at radius 3 is 2.47 bits per heavy atom. The summed E-state index contributed by atoms with van der Waals surface area (Å²) in [7, 11) is 0. The minimum absolute atomic E-state index is 0.0176. The fourth-order valence-electron chi connectivity index (χ4n) is 3.54. The molecule has 0 spiro atoms. The van der Waals surface area contributed by atoms with Crippen molar-refractivity contribution in [1.82, 2.24) is 9.80 Å². The van der Waals surface area contributed by atoms with Crippen molar-refractivity contribution in [2.75, 3.05) is 46.0 Å². The van der Waals surface area contributed by atoms with Crippen molar-refractivity contribution in [1.29, 1.82) is 0 Å². The van der Waals surface area contributed by atoms with Crippen molar-refractivity contribution in [2.24, 2.45) is 5.41 Å². The van der Waals surface area contributed by atoms with E-state index in [-0.39, 0.29) is 12.0 Å². The molecular formula is C14H24N2O3. The number of rotatable bonds is 4. The van der Waals surface area contributed by atoms with Crippen LogP contribution in [-0.4, -0.2) is 72.9 Å².